The zero-order chi connectivity index (χ0) is 16.5. The maximum Gasteiger partial charge on any atom is 0 e. The van der Waals surface area contributed by atoms with Gasteiger partial charge in [-0.25, -0.2) is 0 Å². The summed E-state index contributed by atoms with van der Waals surface area (Å²) in [5.41, 5.74) is 0. The molecule has 0 atom stereocenters. The molecule has 0 bridgehead atoms. The number of benzene rings is 2. The molecule has 0 spiro atoms. The number of hydrogen-bond donors (Lipinski definition) is 0. The van der Waals surface area contributed by atoms with E-state index in [2.05, 4.69) is 20.0 Å². The molecule has 0 fully saturated rings. The van der Waals surface area contributed by atoms with Gasteiger partial charge in [-0.15, -0.1) is 0 Å². The van der Waals surface area contributed by atoms with E-state index in [4.69, 9.17) is 23.4 Å². The number of methoxy groups -OCH3 is 1. The number of rotatable bonds is 3. The Kier molecular flexibility index (Phi) is 21.2. The minimum Gasteiger partial charge on any atom is 0 e. The molecule has 0 unspecified atom stereocenters. The second kappa shape index (κ2) is 18.8. The van der Waals surface area contributed by atoms with Gasteiger partial charge in [0.15, 0.2) is 0 Å². The summed E-state index contributed by atoms with van der Waals surface area (Å²) in [6.07, 6.45) is 0. The average molecular weight is 336 g/mol. The van der Waals surface area contributed by atoms with Gasteiger partial charge >= 0.3 is 33.9 Å². The second-order valence-corrected chi connectivity index (χ2v) is 3.09. The summed E-state index contributed by atoms with van der Waals surface area (Å²) < 4.78 is 33.2. The molecular weight excluding hydrogens is 324 g/mol. The van der Waals surface area contributed by atoms with Crippen molar-refractivity contribution in [1.29, 1.82) is 0 Å². The summed E-state index contributed by atoms with van der Waals surface area (Å²) in [4.78, 5) is 0. The van der Waals surface area contributed by atoms with Gasteiger partial charge in [-0.3, -0.25) is 0 Å². The third-order valence-electron chi connectivity index (χ3n) is 2.04. The van der Waals surface area contributed by atoms with Gasteiger partial charge in [-0.2, -0.15) is 0 Å². The van der Waals surface area contributed by atoms with Crippen molar-refractivity contribution in [2.45, 2.75) is 0 Å². The summed E-state index contributed by atoms with van der Waals surface area (Å²) >= 11 is 0. The molecule has 2 aromatic rings. The van der Waals surface area contributed by atoms with Crippen LogP contribution in [0, 0.1) is 20.0 Å². The fourth-order valence-corrected chi connectivity index (χ4v) is 1.27. The number of para-hydroxylation sites is 1. The van der Waals surface area contributed by atoms with Gasteiger partial charge in [-0.05, 0) is 36.4 Å². The van der Waals surface area contributed by atoms with Gasteiger partial charge in [0.05, 0.1) is 7.11 Å². The van der Waals surface area contributed by atoms with E-state index in [9.17, 15) is 0 Å². The number of ether oxygens (including phenoxy) is 2. The first-order valence-electron chi connectivity index (χ1n) is 5.37. The van der Waals surface area contributed by atoms with Crippen LogP contribution < -0.4 is 9.47 Å². The Labute approximate surface area is 140 Å². The van der Waals surface area contributed by atoms with Gasteiger partial charge in [0.1, 0.15) is 17.2 Å². The molecule has 0 saturated carbocycles. The largest absolute Gasteiger partial charge is 0 e. The van der Waals surface area contributed by atoms with E-state index in [0.29, 0.717) is 0 Å². The summed E-state index contributed by atoms with van der Waals surface area (Å²) in [5.74, 6) is 2.47. The molecule has 0 aliphatic heterocycles. The fourth-order valence-electron chi connectivity index (χ4n) is 1.27. The van der Waals surface area contributed by atoms with E-state index >= 15 is 0 Å². The van der Waals surface area contributed by atoms with Crippen molar-refractivity contribution < 1.29 is 40.8 Å². The third-order valence-corrected chi connectivity index (χ3v) is 2.04. The van der Waals surface area contributed by atoms with E-state index in [1.54, 1.807) is 7.11 Å². The monoisotopic (exact) mass is 336 g/mol. The van der Waals surface area contributed by atoms with Crippen LogP contribution in [-0.4, -0.2) is 7.11 Å². The van der Waals surface area contributed by atoms with Gasteiger partial charge in [0, 0.05) is 17.4 Å². The predicted molar refractivity (Wildman–Crippen MR) is 71.3 cm³/mol. The summed E-state index contributed by atoms with van der Waals surface area (Å²) in [6, 6.07) is 17.2. The molecule has 5 nitrogen and oxygen atoms in total. The normalized spacial score (nSPS) is 6.86. The Bertz CT molecular complexity index is 518. The van der Waals surface area contributed by atoms with E-state index in [1.807, 2.05) is 54.6 Å². The molecule has 6 heteroatoms. The van der Waals surface area contributed by atoms with Crippen LogP contribution in [0.15, 0.2) is 54.6 Å². The minimum atomic E-state index is 0. The molecule has 22 heavy (non-hydrogen) atoms. The van der Waals surface area contributed by atoms with Crippen molar-refractivity contribution in [2.75, 3.05) is 7.11 Å². The summed E-state index contributed by atoms with van der Waals surface area (Å²) in [5, 5.41) is 0. The average Bonchev–Trinajstić information content (AvgIpc) is 2.62. The van der Waals surface area contributed by atoms with Crippen molar-refractivity contribution in [1.82, 2.24) is 0 Å². The molecule has 2 rings (SSSR count). The van der Waals surface area contributed by atoms with E-state index < -0.39 is 0 Å². The van der Waals surface area contributed by atoms with Crippen molar-refractivity contribution in [3.05, 3.63) is 74.5 Å². The van der Waals surface area contributed by atoms with Gasteiger partial charge in [0.2, 0.25) is 0 Å². The second-order valence-electron chi connectivity index (χ2n) is 3.09. The summed E-state index contributed by atoms with van der Waals surface area (Å²) in [7, 11) is 1.65. The topological polar surface area (TPSA) is 78.2 Å². The van der Waals surface area contributed by atoms with E-state index in [-0.39, 0.29) is 17.4 Å². The van der Waals surface area contributed by atoms with Gasteiger partial charge in [-0.1, -0.05) is 18.2 Å². The molecule has 0 heterocycles. The Morgan fingerprint density at radius 2 is 1.00 bits per heavy atom. The minimum absolute atomic E-state index is 0. The molecule has 0 aliphatic rings. The Morgan fingerprint density at radius 1 is 0.636 bits per heavy atom. The van der Waals surface area contributed by atoms with Crippen molar-refractivity contribution in [3.63, 3.8) is 0 Å². The molecule has 0 aliphatic carbocycles. The molecule has 112 valence electrons. The van der Waals surface area contributed by atoms with Crippen LogP contribution in [0.3, 0.4) is 0 Å². The third kappa shape index (κ3) is 10.6. The van der Waals surface area contributed by atoms with Crippen molar-refractivity contribution >= 4 is 0 Å². The Hall–Kier alpha value is -2.21. The standard InChI is InChI=1S/C13H12O2.3CO.Cr/c1-14-11-7-9-13(10-8-11)15-12-5-3-2-4-6-12;3*1-2;/h2-10H,1H3;;;;. The van der Waals surface area contributed by atoms with Crippen LogP contribution in [0.1, 0.15) is 0 Å². The zero-order valence-electron chi connectivity index (χ0n) is 11.6. The molecule has 2 aromatic carbocycles. The van der Waals surface area contributed by atoms with Crippen molar-refractivity contribution in [2.24, 2.45) is 0 Å². The van der Waals surface area contributed by atoms with Gasteiger partial charge < -0.3 is 9.47 Å². The van der Waals surface area contributed by atoms with Crippen LogP contribution in [-0.2, 0) is 31.3 Å². The zero-order valence-corrected chi connectivity index (χ0v) is 12.9. The molecule has 0 N–H and O–H groups in total. The molecular formula is C16H12CrO5. The fraction of sp³-hybridized carbons (Fsp3) is 0.0625. The maximum absolute atomic E-state index is 7.50. The van der Waals surface area contributed by atoms with Crippen molar-refractivity contribution in [3.8, 4) is 17.2 Å². The van der Waals surface area contributed by atoms with Gasteiger partial charge in [0.25, 0.3) is 0 Å². The first-order chi connectivity index (χ1) is 10.4. The molecule has 0 saturated heterocycles. The quantitative estimate of drug-likeness (QED) is 0.636. The van der Waals surface area contributed by atoms with Crippen LogP contribution in [0.5, 0.6) is 17.2 Å². The number of hydrogen-bond acceptors (Lipinski definition) is 2. The SMILES string of the molecule is COc1ccc(Oc2ccccc2)cc1.[C-]#[O+].[C-]#[O+].[C-]#[O+].[Cr]. The Balaban J connectivity index is -0.000000463. The maximum atomic E-state index is 7.50. The molecule has 0 amide bonds. The molecule has 0 aromatic heterocycles. The first kappa shape index (κ1) is 24.8. The van der Waals surface area contributed by atoms with Crippen LogP contribution in [0.2, 0.25) is 0 Å². The smallest absolute Gasteiger partial charge is 0 e. The Morgan fingerprint density at radius 3 is 1.41 bits per heavy atom. The van der Waals surface area contributed by atoms with Crippen LogP contribution >= 0.6 is 0 Å². The first-order valence-corrected chi connectivity index (χ1v) is 5.37. The van der Waals surface area contributed by atoms with E-state index in [1.165, 1.54) is 0 Å². The predicted octanol–water partition coefficient (Wildman–Crippen LogP) is 3.37. The van der Waals surface area contributed by atoms with Crippen LogP contribution in [0.25, 0.3) is 0 Å². The van der Waals surface area contributed by atoms with E-state index in [0.717, 1.165) is 17.2 Å². The summed E-state index contributed by atoms with van der Waals surface area (Å²) in [6.45, 7) is 13.5. The molecule has 0 radical (unpaired) electrons. The van der Waals surface area contributed by atoms with Crippen LogP contribution in [0.4, 0.5) is 0 Å².